The lowest BCUT2D eigenvalue weighted by atomic mass is 10.6. The second-order valence-electron chi connectivity index (χ2n) is 1.32. The van der Waals surface area contributed by atoms with E-state index in [0.717, 1.165) is 6.54 Å². The van der Waals surface area contributed by atoms with E-state index in [1.54, 1.807) is 0 Å². The van der Waals surface area contributed by atoms with Gasteiger partial charge in [-0.2, -0.15) is 0 Å². The van der Waals surface area contributed by atoms with E-state index in [1.807, 2.05) is 6.92 Å². The fourth-order valence-electron chi connectivity index (χ4n) is 0.264. The Hall–Kier alpha value is -0.410. The maximum absolute atomic E-state index is 10.0. The molecule has 3 heteroatoms. The zero-order valence-corrected chi connectivity index (χ0v) is 4.53. The molecule has 3 nitrogen and oxygen atoms in total. The fourth-order valence-corrected chi connectivity index (χ4v) is 0.264. The van der Waals surface area contributed by atoms with Gasteiger partial charge in [0.1, 0.15) is 6.54 Å². The SMILES string of the molecule is CCNCC([NH3+])=O. The van der Waals surface area contributed by atoms with Crippen LogP contribution in [-0.2, 0) is 4.79 Å². The molecule has 42 valence electrons. The Morgan fingerprint density at radius 3 is 2.57 bits per heavy atom. The van der Waals surface area contributed by atoms with Crippen molar-refractivity contribution < 1.29 is 10.5 Å². The summed E-state index contributed by atoms with van der Waals surface area (Å²) in [5, 5.41) is 2.84. The average molecular weight is 103 g/mol. The molecule has 0 aromatic heterocycles. The third-order valence-corrected chi connectivity index (χ3v) is 0.572. The molecule has 0 atom stereocenters. The molecule has 0 aliphatic rings. The number of carbonyl (C=O) groups is 1. The standard InChI is InChI=1S/C4H10N2O/c1-2-6-3-4(5)7/h6H,2-3H2,1H3,(H2,5,7)/p+1. The van der Waals surface area contributed by atoms with Crippen LogP contribution in [0.2, 0.25) is 0 Å². The van der Waals surface area contributed by atoms with Crippen molar-refractivity contribution >= 4 is 5.91 Å². The van der Waals surface area contributed by atoms with Crippen molar-refractivity contribution in [2.24, 2.45) is 0 Å². The molecule has 0 unspecified atom stereocenters. The summed E-state index contributed by atoms with van der Waals surface area (Å²) >= 11 is 0. The first-order valence-electron chi connectivity index (χ1n) is 2.33. The van der Waals surface area contributed by atoms with Crippen LogP contribution in [0.15, 0.2) is 0 Å². The van der Waals surface area contributed by atoms with Gasteiger partial charge in [0.05, 0.1) is 0 Å². The molecular weight excluding hydrogens is 92.1 g/mol. The number of hydrogen-bond acceptors (Lipinski definition) is 2. The second-order valence-corrected chi connectivity index (χ2v) is 1.32. The van der Waals surface area contributed by atoms with Gasteiger partial charge in [-0.25, -0.2) is 4.79 Å². The number of amides is 1. The summed E-state index contributed by atoms with van der Waals surface area (Å²) in [6, 6.07) is 0. The predicted octanol–water partition coefficient (Wildman–Crippen LogP) is -1.64. The Morgan fingerprint density at radius 2 is 2.43 bits per heavy atom. The van der Waals surface area contributed by atoms with Crippen LogP contribution >= 0.6 is 0 Å². The van der Waals surface area contributed by atoms with Crippen LogP contribution in [0, 0.1) is 0 Å². The van der Waals surface area contributed by atoms with Crippen molar-refractivity contribution in [1.82, 2.24) is 5.32 Å². The Morgan fingerprint density at radius 1 is 1.86 bits per heavy atom. The Kier molecular flexibility index (Phi) is 3.55. The lowest BCUT2D eigenvalue weighted by Crippen LogP contribution is -2.60. The lowest BCUT2D eigenvalue weighted by Gasteiger charge is -1.88. The Balaban J connectivity index is 2.82. The smallest absolute Gasteiger partial charge is 0.305 e. The number of rotatable bonds is 3. The largest absolute Gasteiger partial charge is 0.322 e. The summed E-state index contributed by atoms with van der Waals surface area (Å²) in [7, 11) is 0. The van der Waals surface area contributed by atoms with Crippen molar-refractivity contribution in [3.8, 4) is 0 Å². The first-order chi connectivity index (χ1) is 3.27. The van der Waals surface area contributed by atoms with Gasteiger partial charge in [0.2, 0.25) is 0 Å². The van der Waals surface area contributed by atoms with E-state index >= 15 is 0 Å². The number of hydrogen-bond donors (Lipinski definition) is 2. The maximum atomic E-state index is 10.0. The van der Waals surface area contributed by atoms with Crippen molar-refractivity contribution in [1.29, 1.82) is 0 Å². The number of likely N-dealkylation sites (N-methyl/N-ethyl adjacent to an activating group) is 1. The Labute approximate surface area is 42.9 Å². The zero-order valence-electron chi connectivity index (χ0n) is 4.53. The summed E-state index contributed by atoms with van der Waals surface area (Å²) in [5.41, 5.74) is 3.17. The molecule has 0 aliphatic heterocycles. The molecule has 0 saturated carbocycles. The highest BCUT2D eigenvalue weighted by atomic mass is 16.1. The van der Waals surface area contributed by atoms with Gasteiger partial charge in [-0.15, -0.1) is 0 Å². The average Bonchev–Trinajstić information content (AvgIpc) is 1.61. The van der Waals surface area contributed by atoms with Gasteiger partial charge in [-0.1, -0.05) is 6.92 Å². The van der Waals surface area contributed by atoms with Gasteiger partial charge in [-0.3, -0.25) is 5.73 Å². The number of nitrogens with one attached hydrogen (secondary N) is 1. The van der Waals surface area contributed by atoms with E-state index < -0.39 is 0 Å². The third kappa shape index (κ3) is 5.59. The van der Waals surface area contributed by atoms with E-state index in [-0.39, 0.29) is 5.91 Å². The van der Waals surface area contributed by atoms with Gasteiger partial charge in [0.15, 0.2) is 0 Å². The summed E-state index contributed by atoms with van der Waals surface area (Å²) in [6.07, 6.45) is 0. The molecule has 0 rings (SSSR count). The van der Waals surface area contributed by atoms with Crippen LogP contribution in [0.25, 0.3) is 0 Å². The van der Waals surface area contributed by atoms with Crippen LogP contribution in [-0.4, -0.2) is 19.0 Å². The van der Waals surface area contributed by atoms with E-state index in [0.29, 0.717) is 6.54 Å². The van der Waals surface area contributed by atoms with Crippen LogP contribution in [0.3, 0.4) is 0 Å². The number of carbonyl (C=O) groups excluding carboxylic acids is 1. The molecule has 0 aliphatic carbocycles. The predicted molar refractivity (Wildman–Crippen MR) is 26.4 cm³/mol. The monoisotopic (exact) mass is 103 g/mol. The van der Waals surface area contributed by atoms with Crippen molar-refractivity contribution in [2.75, 3.05) is 13.1 Å². The van der Waals surface area contributed by atoms with Gasteiger partial charge in [0.25, 0.3) is 0 Å². The van der Waals surface area contributed by atoms with Crippen LogP contribution < -0.4 is 11.1 Å². The molecule has 0 aromatic carbocycles. The molecule has 0 fully saturated rings. The summed E-state index contributed by atoms with van der Waals surface area (Å²) in [5.74, 6) is -0.0538. The second kappa shape index (κ2) is 3.77. The van der Waals surface area contributed by atoms with Gasteiger partial charge in [0, 0.05) is 0 Å². The summed E-state index contributed by atoms with van der Waals surface area (Å²) in [6.45, 7) is 3.18. The molecule has 4 N–H and O–H groups in total. The molecule has 0 spiro atoms. The topological polar surface area (TPSA) is 56.7 Å². The molecule has 1 amide bonds. The molecule has 0 aromatic rings. The molecule has 7 heavy (non-hydrogen) atoms. The minimum Gasteiger partial charge on any atom is -0.305 e. The lowest BCUT2D eigenvalue weighted by molar-refractivity contribution is -0.304. The molecule has 0 heterocycles. The molecule has 0 bridgehead atoms. The zero-order chi connectivity index (χ0) is 5.70. The van der Waals surface area contributed by atoms with Crippen molar-refractivity contribution in [3.63, 3.8) is 0 Å². The van der Waals surface area contributed by atoms with Crippen LogP contribution in [0.4, 0.5) is 0 Å². The normalized spacial score (nSPS) is 8.86. The van der Waals surface area contributed by atoms with E-state index in [4.69, 9.17) is 0 Å². The first kappa shape index (κ1) is 6.59. The van der Waals surface area contributed by atoms with Gasteiger partial charge < -0.3 is 5.32 Å². The van der Waals surface area contributed by atoms with Crippen LogP contribution in [0.5, 0.6) is 0 Å². The first-order valence-corrected chi connectivity index (χ1v) is 2.33. The van der Waals surface area contributed by atoms with Crippen molar-refractivity contribution in [3.05, 3.63) is 0 Å². The van der Waals surface area contributed by atoms with E-state index in [9.17, 15) is 4.79 Å². The van der Waals surface area contributed by atoms with E-state index in [2.05, 4.69) is 11.1 Å². The summed E-state index contributed by atoms with van der Waals surface area (Å²) in [4.78, 5) is 10.0. The highest BCUT2D eigenvalue weighted by Gasteiger charge is 1.91. The quantitative estimate of drug-likeness (QED) is 0.450. The van der Waals surface area contributed by atoms with Crippen molar-refractivity contribution in [2.45, 2.75) is 6.92 Å². The fraction of sp³-hybridized carbons (Fsp3) is 0.750. The van der Waals surface area contributed by atoms with Gasteiger partial charge >= 0.3 is 5.91 Å². The summed E-state index contributed by atoms with van der Waals surface area (Å²) < 4.78 is 0. The highest BCUT2D eigenvalue weighted by Crippen LogP contribution is 1.50. The minimum atomic E-state index is -0.0538. The Bertz CT molecular complexity index is 62.7. The molecule has 0 saturated heterocycles. The maximum Gasteiger partial charge on any atom is 0.322 e. The van der Waals surface area contributed by atoms with Gasteiger partial charge in [-0.05, 0) is 6.54 Å². The third-order valence-electron chi connectivity index (χ3n) is 0.572. The van der Waals surface area contributed by atoms with Crippen LogP contribution in [0.1, 0.15) is 6.92 Å². The minimum absolute atomic E-state index is 0.0538. The highest BCUT2D eigenvalue weighted by molar-refractivity contribution is 5.66. The molecular formula is C4H11N2O+. The van der Waals surface area contributed by atoms with E-state index in [1.165, 1.54) is 0 Å². The number of quaternary nitrogens is 1. The molecule has 0 radical (unpaired) electrons.